The molecule has 0 saturated carbocycles. The second kappa shape index (κ2) is 5.89. The van der Waals surface area contributed by atoms with Crippen LogP contribution in [0.3, 0.4) is 0 Å². The van der Waals surface area contributed by atoms with Crippen LogP contribution in [0.25, 0.3) is 0 Å². The van der Waals surface area contributed by atoms with Crippen molar-refractivity contribution in [3.8, 4) is 0 Å². The maximum Gasteiger partial charge on any atom is 0.0468 e. The van der Waals surface area contributed by atoms with Crippen LogP contribution in [-0.2, 0) is 13.1 Å². The van der Waals surface area contributed by atoms with E-state index in [-0.39, 0.29) is 0 Å². The van der Waals surface area contributed by atoms with Gasteiger partial charge in [0.25, 0.3) is 0 Å². The molecular weight excluding hydrogens is 242 g/mol. The molecule has 0 aliphatic carbocycles. The third-order valence-electron chi connectivity index (χ3n) is 2.85. The molecule has 2 rings (SSSR count). The summed E-state index contributed by atoms with van der Waals surface area (Å²) in [6.07, 6.45) is 0. The van der Waals surface area contributed by atoms with Crippen LogP contribution in [-0.4, -0.2) is 14.1 Å². The van der Waals surface area contributed by atoms with Crippen molar-refractivity contribution >= 4 is 22.7 Å². The van der Waals surface area contributed by atoms with Crippen LogP contribution in [0.2, 0.25) is 0 Å². The molecule has 0 spiro atoms. The number of anilines is 2. The highest BCUT2D eigenvalue weighted by molar-refractivity contribution is 7.10. The Morgan fingerprint density at radius 1 is 1.11 bits per heavy atom. The molecule has 0 fully saturated rings. The molecule has 0 aliphatic heterocycles. The normalized spacial score (nSPS) is 10.6. The van der Waals surface area contributed by atoms with Gasteiger partial charge in [0.1, 0.15) is 0 Å². The summed E-state index contributed by atoms with van der Waals surface area (Å²) in [7, 11) is 4.10. The van der Waals surface area contributed by atoms with Gasteiger partial charge in [0.15, 0.2) is 0 Å². The van der Waals surface area contributed by atoms with Crippen LogP contribution in [0.4, 0.5) is 11.4 Å². The molecule has 0 aliphatic rings. The van der Waals surface area contributed by atoms with Crippen LogP contribution < -0.4 is 16.0 Å². The predicted molar refractivity (Wildman–Crippen MR) is 80.0 cm³/mol. The van der Waals surface area contributed by atoms with Gasteiger partial charge in [0.05, 0.1) is 0 Å². The largest absolute Gasteiger partial charge is 0.398 e. The average molecular weight is 261 g/mol. The topological polar surface area (TPSA) is 41.3 Å². The lowest BCUT2D eigenvalue weighted by atomic mass is 10.2. The van der Waals surface area contributed by atoms with Gasteiger partial charge in [-0.1, -0.05) is 12.1 Å². The van der Waals surface area contributed by atoms with Gasteiger partial charge in [-0.2, -0.15) is 0 Å². The molecule has 3 N–H and O–H groups in total. The number of hydrogen-bond acceptors (Lipinski definition) is 4. The summed E-state index contributed by atoms with van der Waals surface area (Å²) in [6, 6.07) is 10.5. The molecule has 18 heavy (non-hydrogen) atoms. The summed E-state index contributed by atoms with van der Waals surface area (Å²) < 4.78 is 0. The molecule has 0 saturated heterocycles. The number of benzene rings is 1. The summed E-state index contributed by atoms with van der Waals surface area (Å²) in [5.74, 6) is 0. The minimum atomic E-state index is 0.832. The number of thiophene rings is 1. The molecule has 0 unspecified atom stereocenters. The van der Waals surface area contributed by atoms with E-state index in [4.69, 9.17) is 5.73 Å². The minimum Gasteiger partial charge on any atom is -0.398 e. The molecule has 0 atom stereocenters. The second-order valence-electron chi connectivity index (χ2n) is 4.46. The van der Waals surface area contributed by atoms with E-state index >= 15 is 0 Å². The fourth-order valence-electron chi connectivity index (χ4n) is 1.73. The van der Waals surface area contributed by atoms with Crippen molar-refractivity contribution in [2.24, 2.45) is 0 Å². The first-order valence-electron chi connectivity index (χ1n) is 5.95. The lowest BCUT2D eigenvalue weighted by molar-refractivity contribution is 0.702. The van der Waals surface area contributed by atoms with Gasteiger partial charge in [0.2, 0.25) is 0 Å². The monoisotopic (exact) mass is 261 g/mol. The molecule has 1 aromatic carbocycles. The van der Waals surface area contributed by atoms with E-state index in [0.717, 1.165) is 18.8 Å². The highest BCUT2D eigenvalue weighted by Gasteiger charge is 2.00. The molecule has 96 valence electrons. The van der Waals surface area contributed by atoms with Crippen molar-refractivity contribution < 1.29 is 0 Å². The Labute approximate surface area is 112 Å². The van der Waals surface area contributed by atoms with Gasteiger partial charge in [-0.05, 0) is 29.1 Å². The summed E-state index contributed by atoms with van der Waals surface area (Å²) in [4.78, 5) is 3.31. The smallest absolute Gasteiger partial charge is 0.0468 e. The standard InChI is InChI=1S/C14H19N3S/c1-17(2)12-5-3-11(4-6-12)9-16-10-14-13(15)7-8-18-14/h3-8,16H,9-10,15H2,1-2H3. The van der Waals surface area contributed by atoms with Crippen molar-refractivity contribution in [3.05, 3.63) is 46.2 Å². The highest BCUT2D eigenvalue weighted by atomic mass is 32.1. The zero-order valence-electron chi connectivity index (χ0n) is 10.8. The number of nitrogens with zero attached hydrogens (tertiary/aromatic N) is 1. The van der Waals surface area contributed by atoms with Crippen LogP contribution in [0.15, 0.2) is 35.7 Å². The van der Waals surface area contributed by atoms with Gasteiger partial charge in [-0.15, -0.1) is 11.3 Å². The Hall–Kier alpha value is -1.52. The van der Waals surface area contributed by atoms with Gasteiger partial charge < -0.3 is 16.0 Å². The van der Waals surface area contributed by atoms with Crippen LogP contribution >= 0.6 is 11.3 Å². The third kappa shape index (κ3) is 3.24. The first-order chi connectivity index (χ1) is 8.66. The number of rotatable bonds is 5. The highest BCUT2D eigenvalue weighted by Crippen LogP contribution is 2.18. The van der Waals surface area contributed by atoms with E-state index in [1.54, 1.807) is 11.3 Å². The van der Waals surface area contributed by atoms with E-state index in [1.807, 2.05) is 25.5 Å². The van der Waals surface area contributed by atoms with Crippen LogP contribution in [0.5, 0.6) is 0 Å². The minimum absolute atomic E-state index is 0.832. The predicted octanol–water partition coefficient (Wildman–Crippen LogP) is 2.69. The molecule has 0 bridgehead atoms. The van der Waals surface area contributed by atoms with Gasteiger partial charge >= 0.3 is 0 Å². The van der Waals surface area contributed by atoms with E-state index in [0.29, 0.717) is 0 Å². The Morgan fingerprint density at radius 2 is 1.83 bits per heavy atom. The van der Waals surface area contributed by atoms with Crippen molar-refractivity contribution in [2.45, 2.75) is 13.1 Å². The van der Waals surface area contributed by atoms with Gasteiger partial charge in [-0.3, -0.25) is 0 Å². The summed E-state index contributed by atoms with van der Waals surface area (Å²) in [6.45, 7) is 1.70. The Bertz CT molecular complexity index is 488. The maximum atomic E-state index is 5.84. The molecule has 2 aromatic rings. The van der Waals surface area contributed by atoms with Crippen LogP contribution in [0, 0.1) is 0 Å². The Kier molecular flexibility index (Phi) is 4.23. The summed E-state index contributed by atoms with van der Waals surface area (Å²) in [5, 5.41) is 5.44. The van der Waals surface area contributed by atoms with E-state index in [1.165, 1.54) is 16.1 Å². The van der Waals surface area contributed by atoms with Crippen molar-refractivity contribution in [1.82, 2.24) is 5.32 Å². The van der Waals surface area contributed by atoms with E-state index in [2.05, 4.69) is 34.5 Å². The lowest BCUT2D eigenvalue weighted by Gasteiger charge is -2.12. The number of nitrogens with two attached hydrogens (primary N) is 1. The molecule has 1 aromatic heterocycles. The molecule has 4 heteroatoms. The first-order valence-corrected chi connectivity index (χ1v) is 6.83. The number of nitrogens with one attached hydrogen (secondary N) is 1. The SMILES string of the molecule is CN(C)c1ccc(CNCc2sccc2N)cc1. The summed E-state index contributed by atoms with van der Waals surface area (Å²) in [5.41, 5.74) is 9.23. The van der Waals surface area contributed by atoms with Crippen LogP contribution in [0.1, 0.15) is 10.4 Å². The molecule has 0 amide bonds. The number of nitrogen functional groups attached to an aromatic ring is 1. The average Bonchev–Trinajstić information content (AvgIpc) is 2.76. The van der Waals surface area contributed by atoms with Crippen molar-refractivity contribution in [2.75, 3.05) is 24.7 Å². The maximum absolute atomic E-state index is 5.84. The lowest BCUT2D eigenvalue weighted by Crippen LogP contribution is -2.13. The van der Waals surface area contributed by atoms with Gasteiger partial charge in [0, 0.05) is 43.4 Å². The molecule has 0 radical (unpaired) electrons. The number of hydrogen-bond donors (Lipinski definition) is 2. The fraction of sp³-hybridized carbons (Fsp3) is 0.286. The summed E-state index contributed by atoms with van der Waals surface area (Å²) >= 11 is 1.70. The Morgan fingerprint density at radius 3 is 2.39 bits per heavy atom. The van der Waals surface area contributed by atoms with E-state index < -0.39 is 0 Å². The Balaban J connectivity index is 1.85. The fourth-order valence-corrected chi connectivity index (χ4v) is 2.49. The zero-order chi connectivity index (χ0) is 13.0. The van der Waals surface area contributed by atoms with Crippen molar-refractivity contribution in [3.63, 3.8) is 0 Å². The van der Waals surface area contributed by atoms with E-state index in [9.17, 15) is 0 Å². The molecule has 3 nitrogen and oxygen atoms in total. The molecule has 1 heterocycles. The first kappa shape index (κ1) is 12.9. The quantitative estimate of drug-likeness (QED) is 0.869. The molecular formula is C14H19N3S. The third-order valence-corrected chi connectivity index (χ3v) is 3.78. The zero-order valence-corrected chi connectivity index (χ0v) is 11.6. The van der Waals surface area contributed by atoms with Crippen molar-refractivity contribution in [1.29, 1.82) is 0 Å². The van der Waals surface area contributed by atoms with Gasteiger partial charge in [-0.25, -0.2) is 0 Å². The second-order valence-corrected chi connectivity index (χ2v) is 5.46.